The van der Waals surface area contributed by atoms with Gasteiger partial charge in [0.05, 0.1) is 0 Å². The number of carbonyl (C=O) groups is 1. The predicted octanol–water partition coefficient (Wildman–Crippen LogP) is 3.24. The van der Waals surface area contributed by atoms with Gasteiger partial charge in [0.1, 0.15) is 0 Å². The van der Waals surface area contributed by atoms with Crippen molar-refractivity contribution in [3.63, 3.8) is 0 Å². The van der Waals surface area contributed by atoms with Crippen LogP contribution in [0.25, 0.3) is 0 Å². The number of benzene rings is 1. The number of carbonyl (C=O) groups excluding carboxylic acids is 1. The van der Waals surface area contributed by atoms with Crippen molar-refractivity contribution >= 4 is 18.5 Å². The molecule has 1 amide bonds. The normalized spacial score (nSPS) is 15.1. The lowest BCUT2D eigenvalue weighted by Crippen LogP contribution is -2.36. The molecule has 2 rings (SSSR count). The van der Waals surface area contributed by atoms with Gasteiger partial charge >= 0.3 is 0 Å². The van der Waals surface area contributed by atoms with E-state index >= 15 is 0 Å². The highest BCUT2D eigenvalue weighted by Gasteiger charge is 2.33. The van der Waals surface area contributed by atoms with Crippen LogP contribution in [0.1, 0.15) is 37.0 Å². The first-order valence-corrected chi connectivity index (χ1v) is 6.62. The van der Waals surface area contributed by atoms with Gasteiger partial charge in [0.2, 0.25) is 0 Å². The minimum Gasteiger partial charge on any atom is -0.335 e. The van der Waals surface area contributed by atoms with Crippen LogP contribution < -0.4 is 0 Å². The fourth-order valence-corrected chi connectivity index (χ4v) is 2.21. The van der Waals surface area contributed by atoms with Crippen molar-refractivity contribution < 1.29 is 4.79 Å². The highest BCUT2D eigenvalue weighted by Crippen LogP contribution is 2.29. The van der Waals surface area contributed by atoms with Gasteiger partial charge in [-0.05, 0) is 37.0 Å². The van der Waals surface area contributed by atoms with E-state index in [-0.39, 0.29) is 5.91 Å². The molecule has 1 fully saturated rings. The number of rotatable bonds is 4. The summed E-state index contributed by atoms with van der Waals surface area (Å²) >= 11 is 4.28. The highest BCUT2D eigenvalue weighted by molar-refractivity contribution is 7.80. The van der Waals surface area contributed by atoms with Gasteiger partial charge in [0.15, 0.2) is 0 Å². The van der Waals surface area contributed by atoms with E-state index in [0.717, 1.165) is 29.8 Å². The molecular formula is C14H19NOS. The Morgan fingerprint density at radius 3 is 2.71 bits per heavy atom. The molecule has 92 valence electrons. The summed E-state index contributed by atoms with van der Waals surface area (Å²) in [6.07, 6.45) is 2.30. The molecule has 0 heterocycles. The molecule has 3 heteroatoms. The lowest BCUT2D eigenvalue weighted by atomic mass is 10.1. The van der Waals surface area contributed by atoms with E-state index in [2.05, 4.69) is 26.5 Å². The second-order valence-electron chi connectivity index (χ2n) is 5.13. The molecule has 0 radical (unpaired) electrons. The Labute approximate surface area is 108 Å². The van der Waals surface area contributed by atoms with Gasteiger partial charge in [-0.25, -0.2) is 0 Å². The predicted molar refractivity (Wildman–Crippen MR) is 72.6 cm³/mol. The van der Waals surface area contributed by atoms with Crippen LogP contribution in [0.2, 0.25) is 0 Å². The molecule has 0 unspecified atom stereocenters. The average Bonchev–Trinajstić information content (AvgIpc) is 3.08. The first-order valence-electron chi connectivity index (χ1n) is 6.18. The SMILES string of the molecule is CC(C)CN(C(=O)c1cccc(S)c1)C1CC1. The lowest BCUT2D eigenvalue weighted by Gasteiger charge is -2.24. The summed E-state index contributed by atoms with van der Waals surface area (Å²) in [5.41, 5.74) is 0.755. The first-order chi connectivity index (χ1) is 8.08. The summed E-state index contributed by atoms with van der Waals surface area (Å²) in [5, 5.41) is 0. The van der Waals surface area contributed by atoms with Gasteiger partial charge in [0, 0.05) is 23.0 Å². The number of hydrogen-bond acceptors (Lipinski definition) is 2. The van der Waals surface area contributed by atoms with Crippen LogP contribution in [0.3, 0.4) is 0 Å². The summed E-state index contributed by atoms with van der Waals surface area (Å²) in [6, 6.07) is 7.96. The van der Waals surface area contributed by atoms with E-state index in [1.54, 1.807) is 0 Å². The van der Waals surface area contributed by atoms with Crippen molar-refractivity contribution in [2.45, 2.75) is 37.6 Å². The van der Waals surface area contributed by atoms with Gasteiger partial charge in [-0.2, -0.15) is 0 Å². The Kier molecular flexibility index (Phi) is 3.77. The molecule has 0 saturated heterocycles. The summed E-state index contributed by atoms with van der Waals surface area (Å²) in [4.78, 5) is 15.3. The van der Waals surface area contributed by atoms with Crippen LogP contribution in [0.15, 0.2) is 29.2 Å². The first kappa shape index (κ1) is 12.5. The molecule has 0 atom stereocenters. The van der Waals surface area contributed by atoms with Gasteiger partial charge in [0.25, 0.3) is 5.91 Å². The number of hydrogen-bond donors (Lipinski definition) is 1. The number of nitrogens with zero attached hydrogens (tertiary/aromatic N) is 1. The average molecular weight is 249 g/mol. The van der Waals surface area contributed by atoms with Crippen molar-refractivity contribution in [1.82, 2.24) is 4.90 Å². The summed E-state index contributed by atoms with van der Waals surface area (Å²) in [7, 11) is 0. The van der Waals surface area contributed by atoms with E-state index in [4.69, 9.17) is 0 Å². The minimum absolute atomic E-state index is 0.150. The molecule has 0 aromatic heterocycles. The summed E-state index contributed by atoms with van der Waals surface area (Å²) < 4.78 is 0. The van der Waals surface area contributed by atoms with Crippen LogP contribution in [0, 0.1) is 5.92 Å². The Morgan fingerprint density at radius 1 is 1.47 bits per heavy atom. The smallest absolute Gasteiger partial charge is 0.254 e. The van der Waals surface area contributed by atoms with Crippen LogP contribution >= 0.6 is 12.6 Å². The van der Waals surface area contributed by atoms with E-state index in [9.17, 15) is 4.79 Å². The van der Waals surface area contributed by atoms with E-state index < -0.39 is 0 Å². The molecule has 1 aromatic carbocycles. The third kappa shape index (κ3) is 3.25. The number of thiol groups is 1. The molecular weight excluding hydrogens is 230 g/mol. The van der Waals surface area contributed by atoms with Gasteiger partial charge < -0.3 is 4.90 Å². The monoisotopic (exact) mass is 249 g/mol. The van der Waals surface area contributed by atoms with Crippen LogP contribution in [0.5, 0.6) is 0 Å². The van der Waals surface area contributed by atoms with Crippen molar-refractivity contribution in [1.29, 1.82) is 0 Å². The highest BCUT2D eigenvalue weighted by atomic mass is 32.1. The van der Waals surface area contributed by atoms with Crippen LogP contribution in [-0.2, 0) is 0 Å². The van der Waals surface area contributed by atoms with E-state index in [0.29, 0.717) is 12.0 Å². The Hall–Kier alpha value is -0.960. The second-order valence-corrected chi connectivity index (χ2v) is 5.65. The largest absolute Gasteiger partial charge is 0.335 e. The molecule has 0 bridgehead atoms. The topological polar surface area (TPSA) is 20.3 Å². The zero-order chi connectivity index (χ0) is 12.4. The third-order valence-electron chi connectivity index (χ3n) is 2.90. The molecule has 2 nitrogen and oxygen atoms in total. The number of amides is 1. The molecule has 1 saturated carbocycles. The fraction of sp³-hybridized carbons (Fsp3) is 0.500. The Balaban J connectivity index is 2.15. The maximum Gasteiger partial charge on any atom is 0.254 e. The third-order valence-corrected chi connectivity index (χ3v) is 3.18. The van der Waals surface area contributed by atoms with Gasteiger partial charge in [-0.1, -0.05) is 19.9 Å². The van der Waals surface area contributed by atoms with Crippen molar-refractivity contribution in [3.8, 4) is 0 Å². The second kappa shape index (κ2) is 5.13. The zero-order valence-electron chi connectivity index (χ0n) is 10.4. The van der Waals surface area contributed by atoms with Crippen molar-refractivity contribution in [2.75, 3.05) is 6.54 Å². The molecule has 1 aliphatic rings. The summed E-state index contributed by atoms with van der Waals surface area (Å²) in [6.45, 7) is 5.15. The lowest BCUT2D eigenvalue weighted by molar-refractivity contribution is 0.0722. The molecule has 1 aliphatic carbocycles. The molecule has 0 spiro atoms. The maximum absolute atomic E-state index is 12.4. The minimum atomic E-state index is 0.150. The standard InChI is InChI=1S/C14H19NOS/c1-10(2)9-15(12-6-7-12)14(16)11-4-3-5-13(17)8-11/h3-5,8,10,12,17H,6-7,9H2,1-2H3. The Morgan fingerprint density at radius 2 is 2.18 bits per heavy atom. The molecule has 1 aromatic rings. The van der Waals surface area contributed by atoms with E-state index in [1.165, 1.54) is 0 Å². The zero-order valence-corrected chi connectivity index (χ0v) is 11.3. The molecule has 0 aliphatic heterocycles. The van der Waals surface area contributed by atoms with E-state index in [1.807, 2.05) is 29.2 Å². The fourth-order valence-electron chi connectivity index (χ4n) is 1.98. The van der Waals surface area contributed by atoms with Crippen molar-refractivity contribution in [2.24, 2.45) is 5.92 Å². The van der Waals surface area contributed by atoms with Gasteiger partial charge in [-0.15, -0.1) is 12.6 Å². The van der Waals surface area contributed by atoms with Crippen LogP contribution in [-0.4, -0.2) is 23.4 Å². The molecule has 17 heavy (non-hydrogen) atoms. The van der Waals surface area contributed by atoms with Crippen molar-refractivity contribution in [3.05, 3.63) is 29.8 Å². The summed E-state index contributed by atoms with van der Waals surface area (Å²) in [5.74, 6) is 0.663. The molecule has 0 N–H and O–H groups in total. The Bertz CT molecular complexity index is 412. The maximum atomic E-state index is 12.4. The quantitative estimate of drug-likeness (QED) is 0.812. The van der Waals surface area contributed by atoms with Crippen LogP contribution in [0.4, 0.5) is 0 Å². The van der Waals surface area contributed by atoms with Gasteiger partial charge in [-0.3, -0.25) is 4.79 Å².